The highest BCUT2D eigenvalue weighted by Gasteiger charge is 2.19. The monoisotopic (exact) mass is 196 g/mol. The fraction of sp³-hybridized carbons (Fsp3) is 0.900. The van der Waals surface area contributed by atoms with Crippen LogP contribution in [-0.4, -0.2) is 20.2 Å². The van der Waals surface area contributed by atoms with Crippen molar-refractivity contribution < 1.29 is 0 Å². The third-order valence-corrected chi connectivity index (χ3v) is 1.74. The minimum atomic E-state index is -0.0802. The summed E-state index contributed by atoms with van der Waals surface area (Å²) in [6.07, 6.45) is 0.864. The molecule has 0 aromatic carbocycles. The second-order valence-electron chi connectivity index (χ2n) is 5.90. The number of hydrogen-bond donors (Lipinski definition) is 0. The van der Waals surface area contributed by atoms with Crippen molar-refractivity contribution in [2.75, 3.05) is 0 Å². The van der Waals surface area contributed by atoms with Crippen molar-refractivity contribution in [2.45, 2.75) is 53.5 Å². The molecule has 0 amide bonds. The maximum absolute atomic E-state index is 4.36. The van der Waals surface area contributed by atoms with Crippen LogP contribution in [0.3, 0.4) is 0 Å². The van der Waals surface area contributed by atoms with E-state index in [-0.39, 0.29) is 11.0 Å². The van der Waals surface area contributed by atoms with Gasteiger partial charge >= 0.3 is 0 Å². The highest BCUT2D eigenvalue weighted by atomic mass is 15.6. The summed E-state index contributed by atoms with van der Waals surface area (Å²) < 4.78 is 0. The zero-order valence-electron chi connectivity index (χ0n) is 10.00. The third kappa shape index (κ3) is 3.09. The van der Waals surface area contributed by atoms with Crippen molar-refractivity contribution in [3.05, 3.63) is 5.82 Å². The average molecular weight is 196 g/mol. The molecule has 0 aliphatic carbocycles. The molecule has 0 spiro atoms. The van der Waals surface area contributed by atoms with Crippen LogP contribution in [0.25, 0.3) is 0 Å². The van der Waals surface area contributed by atoms with E-state index in [9.17, 15) is 0 Å². The van der Waals surface area contributed by atoms with Gasteiger partial charge in [-0.1, -0.05) is 20.8 Å². The Morgan fingerprint density at radius 1 is 1.07 bits per heavy atom. The smallest absolute Gasteiger partial charge is 0.159 e. The maximum atomic E-state index is 4.36. The molecule has 0 fully saturated rings. The molecule has 0 unspecified atom stereocenters. The molecule has 0 bridgehead atoms. The molecule has 4 heteroatoms. The standard InChI is InChI=1S/C10H20N4/c1-9(2,3)7-8-11-13-14(12-8)10(4,5)6/h7H2,1-6H3. The quantitative estimate of drug-likeness (QED) is 0.690. The molecule has 0 N–H and O–H groups in total. The van der Waals surface area contributed by atoms with E-state index in [0.29, 0.717) is 0 Å². The van der Waals surface area contributed by atoms with Gasteiger partial charge in [0.25, 0.3) is 0 Å². The maximum Gasteiger partial charge on any atom is 0.175 e. The molecule has 0 saturated heterocycles. The van der Waals surface area contributed by atoms with Gasteiger partial charge in [-0.15, -0.1) is 10.2 Å². The summed E-state index contributed by atoms with van der Waals surface area (Å²) in [5.41, 5.74) is 0.134. The fourth-order valence-electron chi connectivity index (χ4n) is 1.07. The Bertz CT molecular complexity index is 301. The number of nitrogens with zero attached hydrogens (tertiary/aromatic N) is 4. The zero-order chi connectivity index (χ0) is 11.0. The molecule has 4 nitrogen and oxygen atoms in total. The summed E-state index contributed by atoms with van der Waals surface area (Å²) >= 11 is 0. The van der Waals surface area contributed by atoms with Crippen molar-refractivity contribution in [1.82, 2.24) is 20.2 Å². The average Bonchev–Trinajstić information content (AvgIpc) is 2.29. The summed E-state index contributed by atoms with van der Waals surface area (Å²) in [6, 6.07) is 0. The van der Waals surface area contributed by atoms with Crippen molar-refractivity contribution in [3.63, 3.8) is 0 Å². The molecule has 14 heavy (non-hydrogen) atoms. The van der Waals surface area contributed by atoms with Gasteiger partial charge in [0.15, 0.2) is 5.82 Å². The van der Waals surface area contributed by atoms with Crippen LogP contribution in [0.2, 0.25) is 0 Å². The molecule has 0 atom stereocenters. The van der Waals surface area contributed by atoms with Gasteiger partial charge in [-0.3, -0.25) is 0 Å². The van der Waals surface area contributed by atoms with Crippen molar-refractivity contribution in [2.24, 2.45) is 5.41 Å². The predicted octanol–water partition coefficient (Wildman–Crippen LogP) is 2.02. The number of tetrazole rings is 1. The molecule has 0 saturated carbocycles. The Labute approximate surface area is 85.7 Å². The molecule has 0 radical (unpaired) electrons. The highest BCUT2D eigenvalue weighted by Crippen LogP contribution is 2.18. The first-order chi connectivity index (χ1) is 6.18. The van der Waals surface area contributed by atoms with Gasteiger partial charge in [-0.2, -0.15) is 4.80 Å². The Morgan fingerprint density at radius 3 is 2.00 bits per heavy atom. The number of aromatic nitrogens is 4. The lowest BCUT2D eigenvalue weighted by molar-refractivity contribution is 0.303. The summed E-state index contributed by atoms with van der Waals surface area (Å²) in [5, 5.41) is 12.5. The molecular weight excluding hydrogens is 176 g/mol. The minimum absolute atomic E-state index is 0.0802. The van der Waals surface area contributed by atoms with Gasteiger partial charge in [-0.25, -0.2) is 0 Å². The zero-order valence-corrected chi connectivity index (χ0v) is 10.00. The lowest BCUT2D eigenvalue weighted by atomic mass is 9.92. The molecule has 1 rings (SSSR count). The lowest BCUT2D eigenvalue weighted by Gasteiger charge is -2.16. The topological polar surface area (TPSA) is 43.6 Å². The van der Waals surface area contributed by atoms with E-state index in [1.54, 1.807) is 4.80 Å². The van der Waals surface area contributed by atoms with Crippen LogP contribution in [0.1, 0.15) is 47.4 Å². The first-order valence-corrected chi connectivity index (χ1v) is 4.98. The van der Waals surface area contributed by atoms with E-state index in [2.05, 4.69) is 57.0 Å². The van der Waals surface area contributed by atoms with Gasteiger partial charge in [0.1, 0.15) is 0 Å². The Morgan fingerprint density at radius 2 is 1.64 bits per heavy atom. The molecule has 0 aliphatic rings. The molecule has 1 aromatic heterocycles. The van der Waals surface area contributed by atoms with Crippen LogP contribution in [0.4, 0.5) is 0 Å². The van der Waals surface area contributed by atoms with Crippen LogP contribution in [0.15, 0.2) is 0 Å². The molecule has 80 valence electrons. The van der Waals surface area contributed by atoms with E-state index in [1.165, 1.54) is 0 Å². The van der Waals surface area contributed by atoms with Crippen molar-refractivity contribution in [1.29, 1.82) is 0 Å². The Kier molecular flexibility index (Phi) is 2.65. The SMILES string of the molecule is CC(C)(C)Cc1nnn(C(C)(C)C)n1. The Balaban J connectivity index is 2.79. The fourth-order valence-corrected chi connectivity index (χ4v) is 1.07. The van der Waals surface area contributed by atoms with E-state index in [1.807, 2.05) is 0 Å². The summed E-state index contributed by atoms with van der Waals surface area (Å²) in [4.78, 5) is 1.67. The van der Waals surface area contributed by atoms with Crippen molar-refractivity contribution in [3.8, 4) is 0 Å². The second-order valence-corrected chi connectivity index (χ2v) is 5.90. The van der Waals surface area contributed by atoms with Crippen LogP contribution >= 0.6 is 0 Å². The molecule has 0 aliphatic heterocycles. The van der Waals surface area contributed by atoms with E-state index >= 15 is 0 Å². The summed E-state index contributed by atoms with van der Waals surface area (Å²) in [6.45, 7) is 12.7. The summed E-state index contributed by atoms with van der Waals surface area (Å²) in [7, 11) is 0. The first kappa shape index (κ1) is 11.1. The van der Waals surface area contributed by atoms with Crippen LogP contribution in [-0.2, 0) is 12.0 Å². The lowest BCUT2D eigenvalue weighted by Crippen LogP contribution is -2.25. The van der Waals surface area contributed by atoms with Crippen LogP contribution in [0.5, 0.6) is 0 Å². The summed E-state index contributed by atoms with van der Waals surface area (Å²) in [5.74, 6) is 0.826. The predicted molar refractivity (Wildman–Crippen MR) is 56.0 cm³/mol. The van der Waals surface area contributed by atoms with E-state index in [4.69, 9.17) is 0 Å². The van der Waals surface area contributed by atoms with Crippen LogP contribution < -0.4 is 0 Å². The Hall–Kier alpha value is -0.930. The highest BCUT2D eigenvalue weighted by molar-refractivity contribution is 4.84. The molecule has 1 aromatic rings. The van der Waals surface area contributed by atoms with Gasteiger partial charge in [0, 0.05) is 6.42 Å². The van der Waals surface area contributed by atoms with Gasteiger partial charge < -0.3 is 0 Å². The third-order valence-electron chi connectivity index (χ3n) is 1.74. The van der Waals surface area contributed by atoms with E-state index in [0.717, 1.165) is 12.2 Å². The van der Waals surface area contributed by atoms with Gasteiger partial charge in [0.05, 0.1) is 5.54 Å². The largest absolute Gasteiger partial charge is 0.175 e. The molecule has 1 heterocycles. The van der Waals surface area contributed by atoms with Crippen LogP contribution in [0, 0.1) is 5.41 Å². The second kappa shape index (κ2) is 3.33. The first-order valence-electron chi connectivity index (χ1n) is 4.98. The minimum Gasteiger partial charge on any atom is -0.159 e. The van der Waals surface area contributed by atoms with Gasteiger partial charge in [0.2, 0.25) is 0 Å². The molecular formula is C10H20N4. The van der Waals surface area contributed by atoms with E-state index < -0.39 is 0 Å². The normalized spacial score (nSPS) is 13.3. The number of hydrogen-bond acceptors (Lipinski definition) is 3. The van der Waals surface area contributed by atoms with Gasteiger partial charge in [-0.05, 0) is 31.4 Å². The van der Waals surface area contributed by atoms with Crippen molar-refractivity contribution >= 4 is 0 Å². The number of rotatable bonds is 1.